The van der Waals surface area contributed by atoms with E-state index >= 15 is 0 Å². The highest BCUT2D eigenvalue weighted by Gasteiger charge is 2.47. The van der Waals surface area contributed by atoms with Gasteiger partial charge in [0.05, 0.1) is 26.4 Å². The van der Waals surface area contributed by atoms with E-state index in [1.165, 1.54) is 11.8 Å². The van der Waals surface area contributed by atoms with Gasteiger partial charge in [0, 0.05) is 4.90 Å². The molecular formula is C33H34O5S. The predicted octanol–water partition coefficient (Wildman–Crippen LogP) is 6.25. The van der Waals surface area contributed by atoms with Crippen LogP contribution in [0.2, 0.25) is 0 Å². The third-order valence-electron chi connectivity index (χ3n) is 6.57. The van der Waals surface area contributed by atoms with Gasteiger partial charge < -0.3 is 24.1 Å². The maximum Gasteiger partial charge on any atom is 0.136 e. The van der Waals surface area contributed by atoms with Crippen LogP contribution in [0.4, 0.5) is 0 Å². The van der Waals surface area contributed by atoms with Crippen molar-refractivity contribution < 1.29 is 24.1 Å². The molecule has 0 unspecified atom stereocenters. The van der Waals surface area contributed by atoms with E-state index in [9.17, 15) is 5.11 Å². The second-order valence-corrected chi connectivity index (χ2v) is 10.7. The lowest BCUT2D eigenvalue weighted by Gasteiger charge is -2.44. The van der Waals surface area contributed by atoms with Crippen molar-refractivity contribution in [3.63, 3.8) is 0 Å². The van der Waals surface area contributed by atoms with E-state index in [-0.39, 0.29) is 0 Å². The molecule has 1 saturated heterocycles. The first-order valence-corrected chi connectivity index (χ1v) is 14.1. The summed E-state index contributed by atoms with van der Waals surface area (Å²) in [5.74, 6) is 0. The fourth-order valence-electron chi connectivity index (χ4n) is 4.55. The highest BCUT2D eigenvalue weighted by Crippen LogP contribution is 2.36. The first-order valence-electron chi connectivity index (χ1n) is 13.2. The fraction of sp³-hybridized carbons (Fsp3) is 0.273. The van der Waals surface area contributed by atoms with Crippen LogP contribution < -0.4 is 0 Å². The Morgan fingerprint density at radius 1 is 0.590 bits per heavy atom. The van der Waals surface area contributed by atoms with Crippen molar-refractivity contribution in [1.29, 1.82) is 0 Å². The minimum Gasteiger partial charge on any atom is -0.387 e. The summed E-state index contributed by atoms with van der Waals surface area (Å²) in [6.07, 6.45) is -2.51. The molecule has 1 heterocycles. The van der Waals surface area contributed by atoms with Crippen molar-refractivity contribution >= 4 is 11.8 Å². The number of aliphatic hydroxyl groups is 1. The normalized spacial score (nSPS) is 22.9. The lowest BCUT2D eigenvalue weighted by Crippen LogP contribution is -2.59. The first-order chi connectivity index (χ1) is 19.3. The van der Waals surface area contributed by atoms with Gasteiger partial charge in [-0.15, -0.1) is 0 Å². The third-order valence-corrected chi connectivity index (χ3v) is 7.74. The Morgan fingerprint density at radius 2 is 1.05 bits per heavy atom. The second-order valence-electron chi connectivity index (χ2n) is 9.49. The number of ether oxygens (including phenoxy) is 4. The van der Waals surface area contributed by atoms with Gasteiger partial charge in [-0.3, -0.25) is 0 Å². The molecule has 0 aromatic heterocycles. The van der Waals surface area contributed by atoms with Gasteiger partial charge in [-0.1, -0.05) is 121 Å². The summed E-state index contributed by atoms with van der Waals surface area (Å²) in [5.41, 5.74) is 2.61. The molecule has 5 rings (SSSR count). The molecule has 1 aliphatic heterocycles. The first kappa shape index (κ1) is 27.6. The van der Waals surface area contributed by atoms with Gasteiger partial charge in [0.2, 0.25) is 0 Å². The van der Waals surface area contributed by atoms with E-state index in [0.717, 1.165) is 21.6 Å². The molecule has 4 aromatic carbocycles. The fourth-order valence-corrected chi connectivity index (χ4v) is 5.63. The summed E-state index contributed by atoms with van der Waals surface area (Å²) in [5, 5.41) is 11.6. The maximum absolute atomic E-state index is 11.6. The molecule has 1 aliphatic rings. The Bertz CT molecular complexity index is 1230. The van der Waals surface area contributed by atoms with Gasteiger partial charge in [-0.2, -0.15) is 0 Å². The molecule has 5 atom stereocenters. The van der Waals surface area contributed by atoms with Crippen LogP contribution in [0.15, 0.2) is 126 Å². The van der Waals surface area contributed by atoms with Crippen molar-refractivity contribution in [2.75, 3.05) is 6.61 Å². The topological polar surface area (TPSA) is 57.2 Å². The molecule has 1 fully saturated rings. The molecule has 0 radical (unpaired) electrons. The molecule has 0 amide bonds. The van der Waals surface area contributed by atoms with E-state index in [1.807, 2.05) is 121 Å². The molecule has 1 N–H and O–H groups in total. The zero-order valence-electron chi connectivity index (χ0n) is 21.8. The molecule has 5 nitrogen and oxygen atoms in total. The summed E-state index contributed by atoms with van der Waals surface area (Å²) in [6.45, 7) is 1.49. The molecule has 0 aliphatic carbocycles. The molecule has 4 aromatic rings. The van der Waals surface area contributed by atoms with Gasteiger partial charge in [0.1, 0.15) is 29.9 Å². The highest BCUT2D eigenvalue weighted by molar-refractivity contribution is 7.99. The predicted molar refractivity (Wildman–Crippen MR) is 153 cm³/mol. The van der Waals surface area contributed by atoms with Crippen molar-refractivity contribution in [3.8, 4) is 0 Å². The minimum absolute atomic E-state index is 0.304. The van der Waals surface area contributed by atoms with Crippen molar-refractivity contribution in [3.05, 3.63) is 138 Å². The molecule has 0 saturated carbocycles. The summed E-state index contributed by atoms with van der Waals surface area (Å²) in [6, 6.07) is 40.0. The quantitative estimate of drug-likeness (QED) is 0.228. The van der Waals surface area contributed by atoms with Gasteiger partial charge in [0.25, 0.3) is 0 Å². The summed E-state index contributed by atoms with van der Waals surface area (Å²) >= 11 is 1.48. The Labute approximate surface area is 234 Å². The standard InChI is InChI=1S/C33H34O5S/c34-30-32(37-23-27-17-9-3-10-18-27)31(36-22-26-15-7-2-8-16-26)29(24-35-21-25-13-5-1-6-14-25)38-33(30)39-28-19-11-4-12-20-28/h1-20,29-34H,21-24H2/t29-,30-,31-,32+,33+/m1/s1. The van der Waals surface area contributed by atoms with E-state index < -0.39 is 29.9 Å². The minimum atomic E-state index is -0.912. The molecular weight excluding hydrogens is 508 g/mol. The summed E-state index contributed by atoms with van der Waals surface area (Å²) in [7, 11) is 0. The average Bonchev–Trinajstić information content (AvgIpc) is 2.99. The number of aliphatic hydroxyl groups excluding tert-OH is 1. The Balaban J connectivity index is 1.37. The largest absolute Gasteiger partial charge is 0.387 e. The number of rotatable bonds is 12. The molecule has 6 heteroatoms. The molecule has 39 heavy (non-hydrogen) atoms. The smallest absolute Gasteiger partial charge is 0.136 e. The van der Waals surface area contributed by atoms with Crippen LogP contribution >= 0.6 is 11.8 Å². The van der Waals surface area contributed by atoms with Crippen LogP contribution in [-0.2, 0) is 38.8 Å². The second kappa shape index (κ2) is 14.4. The molecule has 0 spiro atoms. The number of hydrogen-bond acceptors (Lipinski definition) is 6. The Morgan fingerprint density at radius 3 is 1.59 bits per heavy atom. The van der Waals surface area contributed by atoms with Crippen LogP contribution in [0.25, 0.3) is 0 Å². The lowest BCUT2D eigenvalue weighted by atomic mass is 9.99. The van der Waals surface area contributed by atoms with Crippen LogP contribution in [0.3, 0.4) is 0 Å². The van der Waals surface area contributed by atoms with Crippen LogP contribution in [0.1, 0.15) is 16.7 Å². The van der Waals surface area contributed by atoms with Gasteiger partial charge in [-0.25, -0.2) is 0 Å². The molecule has 202 valence electrons. The van der Waals surface area contributed by atoms with E-state index in [0.29, 0.717) is 26.4 Å². The zero-order valence-corrected chi connectivity index (χ0v) is 22.6. The Hall–Kier alpha value is -2.97. The van der Waals surface area contributed by atoms with Crippen molar-refractivity contribution in [2.45, 2.75) is 54.6 Å². The number of hydrogen-bond donors (Lipinski definition) is 1. The van der Waals surface area contributed by atoms with Crippen LogP contribution in [0.5, 0.6) is 0 Å². The number of thioether (sulfide) groups is 1. The van der Waals surface area contributed by atoms with Crippen molar-refractivity contribution in [2.24, 2.45) is 0 Å². The SMILES string of the molecule is O[C@@H]1[C@H](OCc2ccccc2)[C@H](OCc2ccccc2)[C@@H](COCc2ccccc2)O[C@H]1Sc1ccccc1. The Kier molecular flexibility index (Phi) is 10.2. The monoisotopic (exact) mass is 542 g/mol. The summed E-state index contributed by atoms with van der Waals surface area (Å²) < 4.78 is 25.5. The summed E-state index contributed by atoms with van der Waals surface area (Å²) in [4.78, 5) is 1.01. The van der Waals surface area contributed by atoms with E-state index in [4.69, 9.17) is 18.9 Å². The zero-order chi connectivity index (χ0) is 26.7. The van der Waals surface area contributed by atoms with Gasteiger partial charge >= 0.3 is 0 Å². The third kappa shape index (κ3) is 8.02. The van der Waals surface area contributed by atoms with E-state index in [2.05, 4.69) is 0 Å². The van der Waals surface area contributed by atoms with E-state index in [1.54, 1.807) is 0 Å². The van der Waals surface area contributed by atoms with Gasteiger partial charge in [0.15, 0.2) is 0 Å². The lowest BCUT2D eigenvalue weighted by molar-refractivity contribution is -0.243. The van der Waals surface area contributed by atoms with Crippen molar-refractivity contribution in [1.82, 2.24) is 0 Å². The van der Waals surface area contributed by atoms with Crippen LogP contribution in [-0.4, -0.2) is 41.6 Å². The average molecular weight is 543 g/mol. The highest BCUT2D eigenvalue weighted by atomic mass is 32.2. The number of benzene rings is 4. The van der Waals surface area contributed by atoms with Crippen LogP contribution in [0, 0.1) is 0 Å². The maximum atomic E-state index is 11.6. The van der Waals surface area contributed by atoms with Gasteiger partial charge in [-0.05, 0) is 28.8 Å². The molecule has 0 bridgehead atoms.